The van der Waals surface area contributed by atoms with Crippen LogP contribution in [0.2, 0.25) is 0 Å². The summed E-state index contributed by atoms with van der Waals surface area (Å²) in [5.41, 5.74) is 5.14. The first-order valence-electron chi connectivity index (χ1n) is 8.99. The van der Waals surface area contributed by atoms with E-state index in [2.05, 4.69) is 60.2 Å². The van der Waals surface area contributed by atoms with Crippen LogP contribution in [0, 0.1) is 0 Å². The molecule has 0 spiro atoms. The molecule has 4 heteroatoms. The average molecular weight is 473 g/mol. The zero-order chi connectivity index (χ0) is 18.1. The van der Waals surface area contributed by atoms with Crippen molar-refractivity contribution < 1.29 is 38.0 Å². The summed E-state index contributed by atoms with van der Waals surface area (Å²) in [4.78, 5) is 0. The summed E-state index contributed by atoms with van der Waals surface area (Å²) >= 11 is 0. The van der Waals surface area contributed by atoms with Gasteiger partial charge < -0.3 is 33.5 Å². The third-order valence-corrected chi connectivity index (χ3v) is 5.26. The Morgan fingerprint density at radius 1 is 0.926 bits per heavy atom. The van der Waals surface area contributed by atoms with Crippen LogP contribution < -0.4 is 33.5 Å². The molecule has 4 rings (SSSR count). The number of methoxy groups -OCH3 is 2. The van der Waals surface area contributed by atoms with E-state index in [0.717, 1.165) is 30.9 Å². The second kappa shape index (κ2) is 8.30. The molecule has 0 aliphatic carbocycles. The third kappa shape index (κ3) is 3.81. The van der Waals surface area contributed by atoms with Crippen molar-refractivity contribution in [3.8, 4) is 11.5 Å². The minimum absolute atomic E-state index is 0. The number of likely N-dealkylation sites (N-methyl/N-ethyl adjacent to an activating group) is 1. The first-order chi connectivity index (χ1) is 12.7. The Morgan fingerprint density at radius 2 is 1.70 bits per heavy atom. The maximum atomic E-state index is 5.71. The largest absolute Gasteiger partial charge is 1.00 e. The molecule has 0 saturated heterocycles. The van der Waals surface area contributed by atoms with Crippen LogP contribution in [-0.2, 0) is 12.8 Å². The molecule has 1 heterocycles. The summed E-state index contributed by atoms with van der Waals surface area (Å²) in [5, 5.41) is 2.56. The van der Waals surface area contributed by atoms with Gasteiger partial charge in [0.25, 0.3) is 0 Å². The molecular formula is C23H24INO2. The molecule has 0 fully saturated rings. The monoisotopic (exact) mass is 473 g/mol. The van der Waals surface area contributed by atoms with E-state index in [1.54, 1.807) is 14.2 Å². The van der Waals surface area contributed by atoms with Gasteiger partial charge in [0, 0.05) is 12.5 Å². The molecular weight excluding hydrogens is 449 g/mol. The summed E-state index contributed by atoms with van der Waals surface area (Å²) < 4.78 is 13.5. The molecule has 27 heavy (non-hydrogen) atoms. The van der Waals surface area contributed by atoms with Gasteiger partial charge in [0.1, 0.15) is 25.1 Å². The molecule has 140 valence electrons. The predicted molar refractivity (Wildman–Crippen MR) is 106 cm³/mol. The van der Waals surface area contributed by atoms with E-state index in [-0.39, 0.29) is 24.0 Å². The number of halogens is 1. The van der Waals surface area contributed by atoms with Crippen molar-refractivity contribution in [1.29, 1.82) is 0 Å². The van der Waals surface area contributed by atoms with Crippen LogP contribution in [0.3, 0.4) is 0 Å². The zero-order valence-corrected chi connectivity index (χ0v) is 18.1. The Labute approximate surface area is 177 Å². The number of hydrogen-bond donors (Lipinski definition) is 0. The molecule has 0 bridgehead atoms. The molecule has 0 saturated carbocycles. The standard InChI is InChI=1S/C23H24NO2.HI/c1-24-11-10-19-14-20(25-2)15-22(26-3)23(19)21(24)13-16-8-9-17-6-4-5-7-18(17)12-16;/h4-9,12,14-15H,10-11,13H2,1-3H3;1H/q+1;/p-1. The van der Waals surface area contributed by atoms with E-state index in [4.69, 9.17) is 9.47 Å². The van der Waals surface area contributed by atoms with E-state index in [0.29, 0.717) is 0 Å². The van der Waals surface area contributed by atoms with Crippen LogP contribution in [0.5, 0.6) is 11.5 Å². The lowest BCUT2D eigenvalue weighted by Crippen LogP contribution is -3.00. The second-order valence-corrected chi connectivity index (χ2v) is 6.84. The minimum atomic E-state index is 0. The maximum absolute atomic E-state index is 5.71. The van der Waals surface area contributed by atoms with Crippen LogP contribution in [0.1, 0.15) is 16.7 Å². The molecule has 1 aliphatic rings. The van der Waals surface area contributed by atoms with Gasteiger partial charge in [-0.15, -0.1) is 0 Å². The van der Waals surface area contributed by atoms with Gasteiger partial charge in [0.15, 0.2) is 5.71 Å². The lowest BCUT2D eigenvalue weighted by molar-refractivity contribution is -0.498. The predicted octanol–water partition coefficient (Wildman–Crippen LogP) is 1.09. The Kier molecular flexibility index (Phi) is 6.05. The van der Waals surface area contributed by atoms with E-state index in [1.165, 1.54) is 33.2 Å². The highest BCUT2D eigenvalue weighted by Gasteiger charge is 2.28. The summed E-state index contributed by atoms with van der Waals surface area (Å²) in [6.45, 7) is 1.01. The van der Waals surface area contributed by atoms with E-state index in [9.17, 15) is 0 Å². The fraction of sp³-hybridized carbons (Fsp3) is 0.261. The van der Waals surface area contributed by atoms with Crippen LogP contribution >= 0.6 is 0 Å². The molecule has 0 radical (unpaired) electrons. The SMILES string of the molecule is COc1cc2c(c(OC)c1)C(Cc1ccc3ccccc3c1)=[N+](C)CC2.[I-]. The fourth-order valence-electron chi connectivity index (χ4n) is 3.83. The molecule has 0 amide bonds. The zero-order valence-electron chi connectivity index (χ0n) is 16.0. The Bertz CT molecular complexity index is 1010. The second-order valence-electron chi connectivity index (χ2n) is 6.84. The van der Waals surface area contributed by atoms with Crippen molar-refractivity contribution >= 4 is 16.5 Å². The lowest BCUT2D eigenvalue weighted by Gasteiger charge is -2.20. The van der Waals surface area contributed by atoms with Gasteiger partial charge in [-0.05, 0) is 28.0 Å². The highest BCUT2D eigenvalue weighted by atomic mass is 127. The number of hydrogen-bond acceptors (Lipinski definition) is 2. The van der Waals surface area contributed by atoms with Crippen molar-refractivity contribution in [2.45, 2.75) is 12.8 Å². The van der Waals surface area contributed by atoms with Crippen molar-refractivity contribution in [1.82, 2.24) is 0 Å². The highest BCUT2D eigenvalue weighted by molar-refractivity contribution is 6.03. The number of benzene rings is 3. The molecule has 0 N–H and O–H groups in total. The number of ether oxygens (including phenoxy) is 2. The Balaban J connectivity index is 0.00000210. The van der Waals surface area contributed by atoms with E-state index in [1.807, 2.05) is 6.07 Å². The first kappa shape index (κ1) is 19.7. The lowest BCUT2D eigenvalue weighted by atomic mass is 9.91. The normalized spacial score (nSPS) is 13.1. The maximum Gasteiger partial charge on any atom is 0.191 e. The summed E-state index contributed by atoms with van der Waals surface area (Å²) in [6.07, 6.45) is 1.89. The summed E-state index contributed by atoms with van der Waals surface area (Å²) in [6, 6.07) is 19.4. The highest BCUT2D eigenvalue weighted by Crippen LogP contribution is 2.32. The first-order valence-corrected chi connectivity index (χ1v) is 8.99. The smallest absolute Gasteiger partial charge is 0.191 e. The molecule has 3 nitrogen and oxygen atoms in total. The van der Waals surface area contributed by atoms with Crippen molar-refractivity contribution in [3.05, 3.63) is 71.3 Å². The fourth-order valence-corrected chi connectivity index (χ4v) is 3.83. The van der Waals surface area contributed by atoms with Gasteiger partial charge in [0.05, 0.1) is 26.2 Å². The molecule has 0 unspecified atom stereocenters. The topological polar surface area (TPSA) is 21.5 Å². The Hall–Kier alpha value is -2.08. The minimum Gasteiger partial charge on any atom is -1.00 e. The van der Waals surface area contributed by atoms with Crippen LogP contribution in [0.15, 0.2) is 54.6 Å². The van der Waals surface area contributed by atoms with Gasteiger partial charge in [-0.25, -0.2) is 4.58 Å². The van der Waals surface area contributed by atoms with Crippen LogP contribution in [-0.4, -0.2) is 38.1 Å². The van der Waals surface area contributed by atoms with Gasteiger partial charge >= 0.3 is 0 Å². The number of fused-ring (bicyclic) bond motifs is 2. The van der Waals surface area contributed by atoms with Crippen molar-refractivity contribution in [3.63, 3.8) is 0 Å². The quantitative estimate of drug-likeness (QED) is 0.418. The average Bonchev–Trinajstić information content (AvgIpc) is 2.69. The molecule has 0 aromatic heterocycles. The Morgan fingerprint density at radius 3 is 2.44 bits per heavy atom. The molecule has 3 aromatic rings. The molecule has 1 aliphatic heterocycles. The van der Waals surface area contributed by atoms with Gasteiger partial charge in [-0.3, -0.25) is 0 Å². The van der Waals surface area contributed by atoms with Crippen LogP contribution in [0.4, 0.5) is 0 Å². The number of nitrogens with zero attached hydrogens (tertiary/aromatic N) is 1. The van der Waals surface area contributed by atoms with E-state index < -0.39 is 0 Å². The van der Waals surface area contributed by atoms with Gasteiger partial charge in [0.2, 0.25) is 0 Å². The number of rotatable bonds is 4. The van der Waals surface area contributed by atoms with E-state index >= 15 is 0 Å². The summed E-state index contributed by atoms with van der Waals surface area (Å²) in [5.74, 6) is 1.75. The van der Waals surface area contributed by atoms with Gasteiger partial charge in [-0.2, -0.15) is 0 Å². The van der Waals surface area contributed by atoms with Crippen molar-refractivity contribution in [2.24, 2.45) is 0 Å². The molecule has 0 atom stereocenters. The third-order valence-electron chi connectivity index (χ3n) is 5.26. The molecule has 3 aromatic carbocycles. The van der Waals surface area contributed by atoms with Gasteiger partial charge in [-0.1, -0.05) is 42.5 Å². The van der Waals surface area contributed by atoms with Crippen LogP contribution in [0.25, 0.3) is 10.8 Å². The summed E-state index contributed by atoms with van der Waals surface area (Å²) in [7, 11) is 5.61. The van der Waals surface area contributed by atoms with Crippen molar-refractivity contribution in [2.75, 3.05) is 27.8 Å².